The van der Waals surface area contributed by atoms with Crippen LogP contribution in [0.15, 0.2) is 0 Å². The predicted molar refractivity (Wildman–Crippen MR) is 18.2 cm³/mol. The van der Waals surface area contributed by atoms with Crippen molar-refractivity contribution in [2.45, 2.75) is 0 Å². The molecule has 3 N–H and O–H groups in total. The summed E-state index contributed by atoms with van der Waals surface area (Å²) in [5, 5.41) is 21.5. The zero-order valence-corrected chi connectivity index (χ0v) is 5.79. The van der Waals surface area contributed by atoms with Gasteiger partial charge in [-0.25, -0.2) is 0 Å². The topological polar surface area (TPSA) is 60.7 Å². The molecule has 0 heterocycles. The van der Waals surface area contributed by atoms with Gasteiger partial charge in [-0.15, -0.1) is 0 Å². The Morgan fingerprint density at radius 1 is 1.00 bits per heavy atom. The third-order valence-electron chi connectivity index (χ3n) is 0. The third-order valence-corrected chi connectivity index (χ3v) is 0. The van der Waals surface area contributed by atoms with Crippen molar-refractivity contribution in [2.24, 2.45) is 0 Å². The van der Waals surface area contributed by atoms with Crippen LogP contribution < -0.4 is 0 Å². The van der Waals surface area contributed by atoms with Crippen molar-refractivity contribution in [1.29, 1.82) is 0 Å². The number of rotatable bonds is 0. The molecule has 0 aliphatic heterocycles. The van der Waals surface area contributed by atoms with Crippen LogP contribution in [-0.4, -0.2) is 48.2 Å². The van der Waals surface area contributed by atoms with Crippen LogP contribution in [0.5, 0.6) is 0 Å². The monoisotopic (exact) mass is 177 g/mol. The van der Waals surface area contributed by atoms with Gasteiger partial charge >= 0.3 is 7.32 Å². The Morgan fingerprint density at radius 3 is 1.00 bits per heavy atom. The summed E-state index contributed by atoms with van der Waals surface area (Å²) in [7, 11) is -2.17. The Labute approximate surface area is 48.6 Å². The molecule has 0 saturated carbocycles. The van der Waals surface area contributed by atoms with Crippen LogP contribution in [0, 0.1) is 0 Å². The normalized spacial score (nSPS) is 5.40. The minimum atomic E-state index is -2.17. The molecular weight excluding hydrogens is 174 g/mol. The Kier molecular flexibility index (Phi) is 8.92. The van der Waals surface area contributed by atoms with Gasteiger partial charge in [-0.3, -0.25) is 0 Å². The van der Waals surface area contributed by atoms with Crippen LogP contribution in [0.1, 0.15) is 0 Å². The maximum Gasteiger partial charge on any atom is 0.631 e. The van der Waals surface area contributed by atoms with Crippen molar-refractivity contribution in [3.8, 4) is 0 Å². The van der Waals surface area contributed by atoms with Crippen LogP contribution >= 0.6 is 0 Å². The zero-order valence-electron chi connectivity index (χ0n) is 2.50. The van der Waals surface area contributed by atoms with E-state index in [4.69, 9.17) is 15.1 Å². The summed E-state index contributed by atoms with van der Waals surface area (Å²) in [4.78, 5) is 0. The van der Waals surface area contributed by atoms with E-state index in [0.717, 1.165) is 0 Å². The molecule has 0 atom stereocenters. The van der Waals surface area contributed by atoms with Crippen molar-refractivity contribution in [3.63, 3.8) is 0 Å². The maximum absolute atomic E-state index is 7.17. The fourth-order valence-corrected chi connectivity index (χ4v) is 0. The molecule has 0 aromatic rings. The van der Waals surface area contributed by atoms with Gasteiger partial charge in [0, 0.05) is 25.8 Å². The Morgan fingerprint density at radius 2 is 1.00 bits per heavy atom. The summed E-state index contributed by atoms with van der Waals surface area (Å²) in [6.07, 6.45) is 0. The molecule has 27 valence electrons. The Balaban J connectivity index is 0. The predicted octanol–water partition coefficient (Wildman–Crippen LogP) is -2.43. The molecule has 5 heavy (non-hydrogen) atoms. The minimum Gasteiger partial charge on any atom is -0.402 e. The van der Waals surface area contributed by atoms with Crippen molar-refractivity contribution in [1.82, 2.24) is 0 Å². The summed E-state index contributed by atoms with van der Waals surface area (Å²) in [5.74, 6) is 0. The second-order valence-electron chi connectivity index (χ2n) is 0.346. The van der Waals surface area contributed by atoms with E-state index in [0.29, 0.717) is 0 Å². The molecule has 0 fully saturated rings. The Hall–Kier alpha value is 0.815. The van der Waals surface area contributed by atoms with E-state index in [-0.39, 0.29) is 25.8 Å². The molecule has 0 aromatic heterocycles. The van der Waals surface area contributed by atoms with Crippen LogP contribution in [0.4, 0.5) is 0 Å². The van der Waals surface area contributed by atoms with E-state index in [1.54, 1.807) is 0 Å². The first-order valence-electron chi connectivity index (χ1n) is 0.775. The first-order chi connectivity index (χ1) is 1.73. The molecule has 5 heteroatoms. The fraction of sp³-hybridized carbons (Fsp3) is 0. The third kappa shape index (κ3) is 57.4. The van der Waals surface area contributed by atoms with Crippen molar-refractivity contribution < 1.29 is 15.1 Å². The van der Waals surface area contributed by atoms with Gasteiger partial charge in [0.2, 0.25) is 0 Å². The van der Waals surface area contributed by atoms with Gasteiger partial charge in [-0.2, -0.15) is 0 Å². The molecule has 0 aromatic carbocycles. The van der Waals surface area contributed by atoms with E-state index < -0.39 is 7.32 Å². The summed E-state index contributed by atoms with van der Waals surface area (Å²) in [5.41, 5.74) is 0. The van der Waals surface area contributed by atoms with Crippen LogP contribution in [0.3, 0.4) is 0 Å². The Bertz CT molecular complexity index is 11.6. The van der Waals surface area contributed by atoms with Gasteiger partial charge in [0.15, 0.2) is 0 Å². The van der Waals surface area contributed by atoms with Gasteiger partial charge in [-0.05, 0) is 0 Å². The smallest absolute Gasteiger partial charge is 0.402 e. The first kappa shape index (κ1) is 9.26. The standard InChI is InChI=1S/BH3O3.In/c2-1(3)4;/h2-4H;. The second kappa shape index (κ2) is 4.82. The second-order valence-corrected chi connectivity index (χ2v) is 0.346. The van der Waals surface area contributed by atoms with E-state index in [2.05, 4.69) is 0 Å². The number of hydrogen-bond donors (Lipinski definition) is 3. The van der Waals surface area contributed by atoms with E-state index >= 15 is 0 Å². The SMILES string of the molecule is OB(O)O.[In]. The summed E-state index contributed by atoms with van der Waals surface area (Å²) in [6, 6.07) is 0. The van der Waals surface area contributed by atoms with Crippen molar-refractivity contribution in [2.75, 3.05) is 0 Å². The molecule has 3 nitrogen and oxygen atoms in total. The molecule has 0 unspecified atom stereocenters. The molecule has 0 saturated heterocycles. The van der Waals surface area contributed by atoms with Gasteiger partial charge in [0.25, 0.3) is 0 Å². The molecule has 3 radical (unpaired) electrons. The summed E-state index contributed by atoms with van der Waals surface area (Å²) in [6.45, 7) is 0. The molecule has 0 aliphatic carbocycles. The van der Waals surface area contributed by atoms with Crippen LogP contribution in [0.25, 0.3) is 0 Å². The van der Waals surface area contributed by atoms with Crippen molar-refractivity contribution in [3.05, 3.63) is 0 Å². The van der Waals surface area contributed by atoms with Crippen LogP contribution in [-0.2, 0) is 0 Å². The molecule has 0 bridgehead atoms. The summed E-state index contributed by atoms with van der Waals surface area (Å²) >= 11 is 0. The quantitative estimate of drug-likeness (QED) is 0.360. The van der Waals surface area contributed by atoms with Gasteiger partial charge < -0.3 is 15.1 Å². The van der Waals surface area contributed by atoms with Crippen LogP contribution in [0.2, 0.25) is 0 Å². The first-order valence-corrected chi connectivity index (χ1v) is 0.775. The largest absolute Gasteiger partial charge is 0.631 e. The van der Waals surface area contributed by atoms with E-state index in [1.807, 2.05) is 0 Å². The zero-order chi connectivity index (χ0) is 3.58. The average molecular weight is 177 g/mol. The van der Waals surface area contributed by atoms with E-state index in [1.165, 1.54) is 0 Å². The average Bonchev–Trinajstić information content (AvgIpc) is 0.811. The maximum atomic E-state index is 7.17. The van der Waals surface area contributed by atoms with Gasteiger partial charge in [0.05, 0.1) is 0 Å². The van der Waals surface area contributed by atoms with Gasteiger partial charge in [-0.1, -0.05) is 0 Å². The molecule has 0 amide bonds. The molecular formula is H3BInO3. The van der Waals surface area contributed by atoms with E-state index in [9.17, 15) is 0 Å². The fourth-order valence-electron chi connectivity index (χ4n) is 0. The van der Waals surface area contributed by atoms with Crippen molar-refractivity contribution >= 4 is 33.2 Å². The number of hydrogen-bond acceptors (Lipinski definition) is 3. The summed E-state index contributed by atoms with van der Waals surface area (Å²) < 4.78 is 0. The molecule has 0 spiro atoms. The van der Waals surface area contributed by atoms with Gasteiger partial charge in [0.1, 0.15) is 0 Å². The minimum absolute atomic E-state index is 0. The molecule has 0 aliphatic rings. The molecule has 0 rings (SSSR count).